The molecule has 0 spiro atoms. The number of morpholine rings is 1. The molecule has 2 N–H and O–H groups in total. The molecule has 0 unspecified atom stereocenters. The lowest BCUT2D eigenvalue weighted by atomic mass is 9.99. The average Bonchev–Trinajstić information content (AvgIpc) is 3.60. The molecule has 0 radical (unpaired) electrons. The van der Waals surface area contributed by atoms with Gasteiger partial charge in [0.15, 0.2) is 0 Å². The number of carbonyl (C=O) groups excluding carboxylic acids is 1. The number of anilines is 2. The summed E-state index contributed by atoms with van der Waals surface area (Å²) in [6, 6.07) is 11.6. The van der Waals surface area contributed by atoms with Crippen molar-refractivity contribution in [2.24, 2.45) is 0 Å². The number of urea groups is 1. The molecule has 4 aliphatic heterocycles. The summed E-state index contributed by atoms with van der Waals surface area (Å²) in [5.74, 6) is 0.535. The second-order valence-corrected chi connectivity index (χ2v) is 11.4. The zero-order chi connectivity index (χ0) is 30.9. The highest BCUT2D eigenvalue weighted by Crippen LogP contribution is 2.33. The van der Waals surface area contributed by atoms with Gasteiger partial charge in [0, 0.05) is 69.4 Å². The third-order valence-electron chi connectivity index (χ3n) is 8.28. The zero-order valence-corrected chi connectivity index (χ0v) is 25.0. The van der Waals surface area contributed by atoms with E-state index in [0.717, 1.165) is 36.3 Å². The fourth-order valence-electron chi connectivity index (χ4n) is 6.05. The predicted molar refractivity (Wildman–Crippen MR) is 162 cm³/mol. The van der Waals surface area contributed by atoms with Crippen LogP contribution in [-0.2, 0) is 14.3 Å². The first-order valence-electron chi connectivity index (χ1n) is 14.9. The molecule has 4 saturated heterocycles. The number of methoxy groups -OCH3 is 1. The van der Waals surface area contributed by atoms with E-state index in [9.17, 15) is 9.18 Å². The maximum atomic E-state index is 14.0. The molecular weight excluding hydrogens is 581 g/mol. The Morgan fingerprint density at radius 1 is 1.09 bits per heavy atom. The predicted octanol–water partition coefficient (Wildman–Crippen LogP) is 3.27. The summed E-state index contributed by atoms with van der Waals surface area (Å²) in [6.07, 6.45) is 5.89. The number of benzene rings is 1. The minimum Gasteiger partial charge on any atom is -0.383 e. The van der Waals surface area contributed by atoms with Crippen LogP contribution in [0.5, 0.6) is 0 Å². The van der Waals surface area contributed by atoms with E-state index < -0.39 is 24.1 Å². The number of carbonyl (C=O) groups is 1. The molecule has 4 aromatic rings. The Balaban J connectivity index is 1.13. The Morgan fingerprint density at radius 3 is 2.56 bits per heavy atom. The molecule has 0 saturated carbocycles. The number of piperidine rings is 1. The van der Waals surface area contributed by atoms with E-state index in [1.165, 1.54) is 12.3 Å². The molecule has 4 fully saturated rings. The van der Waals surface area contributed by atoms with Gasteiger partial charge in [-0.1, -0.05) is 18.2 Å². The number of rotatable bonds is 9. The second kappa shape index (κ2) is 12.5. The van der Waals surface area contributed by atoms with Crippen LogP contribution in [0.25, 0.3) is 16.9 Å². The molecule has 234 valence electrons. The Kier molecular flexibility index (Phi) is 8.10. The molecule has 1 aromatic carbocycles. The third-order valence-corrected chi connectivity index (χ3v) is 8.28. The fourth-order valence-corrected chi connectivity index (χ4v) is 6.05. The van der Waals surface area contributed by atoms with E-state index in [0.29, 0.717) is 42.7 Å². The Hall–Kier alpha value is -4.50. The number of para-hydroxylation sites is 1. The summed E-state index contributed by atoms with van der Waals surface area (Å²) in [5, 5.41) is 12.6. The maximum Gasteiger partial charge on any atom is 0.320 e. The largest absolute Gasteiger partial charge is 0.383 e. The van der Waals surface area contributed by atoms with Crippen LogP contribution >= 0.6 is 0 Å². The van der Waals surface area contributed by atoms with Gasteiger partial charge in [-0.05, 0) is 36.8 Å². The molecule has 14 heteroatoms. The molecule has 45 heavy (non-hydrogen) atoms. The number of halogens is 1. The van der Waals surface area contributed by atoms with E-state index in [1.54, 1.807) is 35.3 Å². The molecule has 13 nitrogen and oxygen atoms in total. The highest BCUT2D eigenvalue weighted by atomic mass is 19.1. The van der Waals surface area contributed by atoms with Gasteiger partial charge in [-0.15, -0.1) is 0 Å². The minimum atomic E-state index is -0.622. The van der Waals surface area contributed by atoms with E-state index in [2.05, 4.69) is 30.5 Å². The number of hydrogen-bond donors (Lipinski definition) is 2. The molecule has 8 rings (SSSR count). The van der Waals surface area contributed by atoms with Crippen molar-refractivity contribution < 1.29 is 23.5 Å². The molecule has 4 aliphatic rings. The van der Waals surface area contributed by atoms with E-state index >= 15 is 0 Å². The fraction of sp³-hybridized carbons (Fsp3) is 0.387. The first kappa shape index (κ1) is 29.2. The van der Waals surface area contributed by atoms with E-state index in [1.807, 2.05) is 37.3 Å². The van der Waals surface area contributed by atoms with Gasteiger partial charge in [0.25, 0.3) is 0 Å². The van der Waals surface area contributed by atoms with Gasteiger partial charge in [-0.3, -0.25) is 10.2 Å². The zero-order valence-electron chi connectivity index (χ0n) is 25.0. The summed E-state index contributed by atoms with van der Waals surface area (Å²) in [7, 11) is 1.61. The Bertz CT molecular complexity index is 1640. The van der Waals surface area contributed by atoms with Crippen LogP contribution in [0.3, 0.4) is 0 Å². The lowest BCUT2D eigenvalue weighted by molar-refractivity contribution is -0.154. The summed E-state index contributed by atoms with van der Waals surface area (Å²) in [6.45, 7) is 4.77. The third kappa shape index (κ3) is 6.09. The number of hydrogen-bond acceptors (Lipinski definition) is 10. The molecule has 7 heterocycles. The van der Waals surface area contributed by atoms with Gasteiger partial charge < -0.3 is 19.7 Å². The summed E-state index contributed by atoms with van der Waals surface area (Å²) >= 11 is 0. The van der Waals surface area contributed by atoms with Crippen molar-refractivity contribution >= 4 is 17.8 Å². The first-order chi connectivity index (χ1) is 21.9. The van der Waals surface area contributed by atoms with Crippen molar-refractivity contribution in [3.8, 4) is 16.9 Å². The lowest BCUT2D eigenvalue weighted by Crippen LogP contribution is -2.57. The van der Waals surface area contributed by atoms with Crippen molar-refractivity contribution in [3.05, 3.63) is 78.1 Å². The van der Waals surface area contributed by atoms with Crippen LogP contribution in [0.4, 0.5) is 21.0 Å². The van der Waals surface area contributed by atoms with Crippen molar-refractivity contribution in [2.45, 2.75) is 37.7 Å². The Labute approximate surface area is 259 Å². The van der Waals surface area contributed by atoms with Crippen LogP contribution < -0.4 is 15.5 Å². The second-order valence-electron chi connectivity index (χ2n) is 11.4. The molecule has 0 aliphatic carbocycles. The van der Waals surface area contributed by atoms with Crippen molar-refractivity contribution in [1.29, 1.82) is 0 Å². The maximum absolute atomic E-state index is 14.0. The quantitative estimate of drug-likeness (QED) is 0.271. The average molecular weight is 616 g/mol. The van der Waals surface area contributed by atoms with Crippen LogP contribution in [0.15, 0.2) is 61.1 Å². The number of fused-ring (bicyclic) bond motifs is 2. The van der Waals surface area contributed by atoms with Gasteiger partial charge in [0.05, 0.1) is 30.5 Å². The van der Waals surface area contributed by atoms with Gasteiger partial charge in [-0.25, -0.2) is 24.4 Å². The number of nitrogens with zero attached hydrogens (tertiary/aromatic N) is 7. The molecular formula is C31H34FN9O4. The van der Waals surface area contributed by atoms with Crippen LogP contribution in [-0.4, -0.2) is 94.0 Å². The lowest BCUT2D eigenvalue weighted by Gasteiger charge is -2.46. The number of ether oxygens (including phenoxy) is 2. The summed E-state index contributed by atoms with van der Waals surface area (Å²) in [4.78, 5) is 34.7. The highest BCUT2D eigenvalue weighted by molar-refractivity contribution is 5.91. The van der Waals surface area contributed by atoms with Crippen LogP contribution in [0.1, 0.15) is 23.7 Å². The highest BCUT2D eigenvalue weighted by Gasteiger charge is 2.39. The molecule has 2 bridgehead atoms. The number of aromatic nitrogens is 5. The van der Waals surface area contributed by atoms with Crippen LogP contribution in [0, 0.1) is 12.9 Å². The smallest absolute Gasteiger partial charge is 0.320 e. The van der Waals surface area contributed by atoms with Gasteiger partial charge in [0.2, 0.25) is 11.9 Å². The monoisotopic (exact) mass is 615 g/mol. The number of nitrogens with one attached hydrogen (secondary N) is 2. The summed E-state index contributed by atoms with van der Waals surface area (Å²) < 4.78 is 26.6. The molecule has 2 amide bonds. The molecule has 3 aromatic heterocycles. The first-order valence-corrected chi connectivity index (χ1v) is 14.9. The van der Waals surface area contributed by atoms with Crippen molar-refractivity contribution in [3.63, 3.8) is 0 Å². The molecule has 4 atom stereocenters. The SMILES string of the molecule is COCCN1C[C@@H](NC(=O)Nc2c(C)c(-c3cnc(N4C[C@H]5C[C@@H](C4)O5)nc3)nn2-c2ccccc2)[C@H](c2ccnc(F)c2)O1. The van der Waals surface area contributed by atoms with Crippen LogP contribution in [0.2, 0.25) is 0 Å². The van der Waals surface area contributed by atoms with Gasteiger partial charge >= 0.3 is 6.03 Å². The number of amides is 2. The number of hydroxylamine groups is 2. The Morgan fingerprint density at radius 2 is 1.84 bits per heavy atom. The van der Waals surface area contributed by atoms with E-state index in [4.69, 9.17) is 19.4 Å². The van der Waals surface area contributed by atoms with Gasteiger partial charge in [-0.2, -0.15) is 14.6 Å². The number of pyridine rings is 1. The van der Waals surface area contributed by atoms with E-state index in [-0.39, 0.29) is 12.2 Å². The topological polar surface area (TPSA) is 132 Å². The van der Waals surface area contributed by atoms with Crippen molar-refractivity contribution in [2.75, 3.05) is 50.1 Å². The normalized spacial score (nSPS) is 22.7. The standard InChI is InChI=1S/C31H34FN9O4/c1-19-27(21-14-34-30(35-15-21)39-16-23-13-24(17-39)44-23)38-41(22-6-4-3-5-7-22)29(19)37-31(42)36-25-18-40(10-11-43-2)45-28(25)20-8-9-33-26(32)12-20/h3-9,12,14-15,23-25,28H,10-11,13,16-18H2,1-2H3,(H2,36,37,42)/t23-,24+,25-,28+/m1/s1. The van der Waals surface area contributed by atoms with Crippen molar-refractivity contribution in [1.82, 2.24) is 35.1 Å². The summed E-state index contributed by atoms with van der Waals surface area (Å²) in [5.41, 5.74) is 3.46. The minimum absolute atomic E-state index is 0.251. The van der Waals surface area contributed by atoms with Gasteiger partial charge in [0.1, 0.15) is 17.6 Å².